The molecule has 0 fully saturated rings. The zero-order valence-corrected chi connectivity index (χ0v) is 16.1. The van der Waals surface area contributed by atoms with Crippen molar-refractivity contribution >= 4 is 22.3 Å². The van der Waals surface area contributed by atoms with E-state index < -0.39 is 4.92 Å². The van der Waals surface area contributed by atoms with Crippen LogP contribution in [0, 0.1) is 15.9 Å². The SMILES string of the molecule is CN(C)c1ccc(C(c2ccc([N+](=O)[O-])cc2)c2c[nH]c3ccc(F)cc23)cc1. The van der Waals surface area contributed by atoms with Crippen LogP contribution in [0.2, 0.25) is 0 Å². The number of nitro groups is 1. The topological polar surface area (TPSA) is 62.2 Å². The number of H-pyrrole nitrogens is 1. The molecule has 5 nitrogen and oxygen atoms in total. The molecule has 4 rings (SSSR count). The number of aromatic nitrogens is 1. The quantitative estimate of drug-likeness (QED) is 0.364. The average molecular weight is 389 g/mol. The van der Waals surface area contributed by atoms with Gasteiger partial charge in [0, 0.05) is 54.9 Å². The van der Waals surface area contributed by atoms with Gasteiger partial charge in [-0.25, -0.2) is 4.39 Å². The van der Waals surface area contributed by atoms with E-state index in [2.05, 4.69) is 4.98 Å². The number of rotatable bonds is 5. The molecule has 0 radical (unpaired) electrons. The molecule has 0 saturated carbocycles. The standard InChI is InChI=1S/C23H20FN3O2/c1-26(2)18-8-3-15(4-9-18)23(16-5-10-19(11-6-16)27(28)29)21-14-25-22-12-7-17(24)13-20(21)22/h3-14,23,25H,1-2H3. The van der Waals surface area contributed by atoms with E-state index in [4.69, 9.17) is 0 Å². The van der Waals surface area contributed by atoms with Gasteiger partial charge in [0.2, 0.25) is 0 Å². The molecule has 1 unspecified atom stereocenters. The highest BCUT2D eigenvalue weighted by atomic mass is 19.1. The molecule has 1 heterocycles. The van der Waals surface area contributed by atoms with Gasteiger partial charge >= 0.3 is 0 Å². The number of hydrogen-bond acceptors (Lipinski definition) is 3. The number of non-ortho nitro benzene ring substituents is 1. The Morgan fingerprint density at radius 3 is 2.17 bits per heavy atom. The summed E-state index contributed by atoms with van der Waals surface area (Å²) in [5.74, 6) is -0.494. The highest BCUT2D eigenvalue weighted by molar-refractivity contribution is 5.85. The second-order valence-electron chi connectivity index (χ2n) is 7.20. The normalized spacial score (nSPS) is 12.1. The molecule has 0 saturated heterocycles. The van der Waals surface area contributed by atoms with Gasteiger partial charge in [-0.2, -0.15) is 0 Å². The monoisotopic (exact) mass is 389 g/mol. The molecule has 29 heavy (non-hydrogen) atoms. The highest BCUT2D eigenvalue weighted by Gasteiger charge is 2.21. The molecule has 3 aromatic carbocycles. The van der Waals surface area contributed by atoms with E-state index in [1.54, 1.807) is 18.2 Å². The maximum absolute atomic E-state index is 14.0. The molecule has 1 N–H and O–H groups in total. The van der Waals surface area contributed by atoms with Crippen LogP contribution in [-0.4, -0.2) is 24.0 Å². The van der Waals surface area contributed by atoms with Gasteiger partial charge in [-0.15, -0.1) is 0 Å². The summed E-state index contributed by atoms with van der Waals surface area (Å²) in [5.41, 5.74) is 4.80. The summed E-state index contributed by atoms with van der Waals surface area (Å²) in [6.45, 7) is 0. The third-order valence-electron chi connectivity index (χ3n) is 5.17. The number of hydrogen-bond donors (Lipinski definition) is 1. The zero-order chi connectivity index (χ0) is 20.5. The second kappa shape index (κ2) is 7.39. The van der Waals surface area contributed by atoms with Crippen LogP contribution in [0.5, 0.6) is 0 Å². The predicted octanol–water partition coefficient (Wildman–Crippen LogP) is 5.46. The zero-order valence-electron chi connectivity index (χ0n) is 16.1. The van der Waals surface area contributed by atoms with Crippen molar-refractivity contribution < 1.29 is 9.31 Å². The van der Waals surface area contributed by atoms with Crippen molar-refractivity contribution in [3.8, 4) is 0 Å². The van der Waals surface area contributed by atoms with Crippen molar-refractivity contribution in [1.29, 1.82) is 0 Å². The maximum Gasteiger partial charge on any atom is 0.269 e. The minimum Gasteiger partial charge on any atom is -0.378 e. The molecular weight excluding hydrogens is 369 g/mol. The Kier molecular flexibility index (Phi) is 4.76. The number of nitro benzene ring substituents is 1. The van der Waals surface area contributed by atoms with Crippen LogP contribution < -0.4 is 4.90 Å². The summed E-state index contributed by atoms with van der Waals surface area (Å²) < 4.78 is 14.0. The minimum absolute atomic E-state index is 0.0421. The Balaban J connectivity index is 1.88. The van der Waals surface area contributed by atoms with Gasteiger partial charge in [0.05, 0.1) is 4.92 Å². The van der Waals surface area contributed by atoms with Gasteiger partial charge in [-0.3, -0.25) is 10.1 Å². The molecule has 146 valence electrons. The fourth-order valence-electron chi connectivity index (χ4n) is 3.66. The molecule has 0 spiro atoms. The van der Waals surface area contributed by atoms with E-state index in [0.29, 0.717) is 0 Å². The van der Waals surface area contributed by atoms with Crippen molar-refractivity contribution in [2.24, 2.45) is 0 Å². The molecule has 0 bridgehead atoms. The summed E-state index contributed by atoms with van der Waals surface area (Å²) >= 11 is 0. The largest absolute Gasteiger partial charge is 0.378 e. The first-order valence-corrected chi connectivity index (χ1v) is 9.22. The first-order chi connectivity index (χ1) is 13.9. The lowest BCUT2D eigenvalue weighted by Gasteiger charge is -2.20. The molecule has 0 aliphatic heterocycles. The first kappa shape index (κ1) is 18.7. The molecule has 0 amide bonds. The van der Waals surface area contributed by atoms with Crippen LogP contribution in [0.1, 0.15) is 22.6 Å². The molecule has 1 aromatic heterocycles. The van der Waals surface area contributed by atoms with Crippen LogP contribution in [0.4, 0.5) is 15.8 Å². The number of fused-ring (bicyclic) bond motifs is 1. The Labute approximate surface area is 167 Å². The number of nitrogens with zero attached hydrogens (tertiary/aromatic N) is 2. The molecule has 0 aliphatic rings. The van der Waals surface area contributed by atoms with Gasteiger partial charge in [0.1, 0.15) is 5.82 Å². The summed E-state index contributed by atoms with van der Waals surface area (Å²) in [7, 11) is 3.95. The fraction of sp³-hybridized carbons (Fsp3) is 0.130. The van der Waals surface area contributed by atoms with Crippen LogP contribution in [0.15, 0.2) is 72.9 Å². The second-order valence-corrected chi connectivity index (χ2v) is 7.20. The summed E-state index contributed by atoms with van der Waals surface area (Å²) in [6.07, 6.45) is 1.88. The predicted molar refractivity (Wildman–Crippen MR) is 113 cm³/mol. The minimum atomic E-state index is -0.411. The molecule has 0 aliphatic carbocycles. The number of halogens is 1. The molecule has 1 atom stereocenters. The van der Waals surface area contributed by atoms with E-state index in [0.717, 1.165) is 33.3 Å². The Morgan fingerprint density at radius 2 is 1.59 bits per heavy atom. The van der Waals surface area contributed by atoms with Crippen molar-refractivity contribution in [3.05, 3.63) is 106 Å². The summed E-state index contributed by atoms with van der Waals surface area (Å²) in [4.78, 5) is 15.9. The molecule has 6 heteroatoms. The summed E-state index contributed by atoms with van der Waals surface area (Å²) in [5, 5.41) is 11.8. The van der Waals surface area contributed by atoms with Crippen molar-refractivity contribution in [1.82, 2.24) is 4.98 Å². The fourth-order valence-corrected chi connectivity index (χ4v) is 3.66. The Hall–Kier alpha value is -3.67. The van der Waals surface area contributed by atoms with Gasteiger partial charge < -0.3 is 9.88 Å². The van der Waals surface area contributed by atoms with E-state index in [1.165, 1.54) is 24.3 Å². The number of benzene rings is 3. The van der Waals surface area contributed by atoms with Gasteiger partial charge in [0.25, 0.3) is 5.69 Å². The lowest BCUT2D eigenvalue weighted by atomic mass is 9.85. The van der Waals surface area contributed by atoms with E-state index in [9.17, 15) is 14.5 Å². The van der Waals surface area contributed by atoms with Crippen LogP contribution >= 0.6 is 0 Å². The van der Waals surface area contributed by atoms with E-state index in [1.807, 2.05) is 49.5 Å². The van der Waals surface area contributed by atoms with Gasteiger partial charge in [0.15, 0.2) is 0 Å². The highest BCUT2D eigenvalue weighted by Crippen LogP contribution is 2.37. The third-order valence-corrected chi connectivity index (χ3v) is 5.17. The Bertz CT molecular complexity index is 1170. The maximum atomic E-state index is 14.0. The molecule has 4 aromatic rings. The number of nitrogens with one attached hydrogen (secondary N) is 1. The summed E-state index contributed by atoms with van der Waals surface area (Å²) in [6, 6.07) is 19.4. The van der Waals surface area contributed by atoms with Gasteiger partial charge in [-0.1, -0.05) is 24.3 Å². The smallest absolute Gasteiger partial charge is 0.269 e. The third kappa shape index (κ3) is 3.57. The van der Waals surface area contributed by atoms with Gasteiger partial charge in [-0.05, 0) is 47.0 Å². The van der Waals surface area contributed by atoms with Crippen molar-refractivity contribution in [2.45, 2.75) is 5.92 Å². The number of aromatic amines is 1. The first-order valence-electron chi connectivity index (χ1n) is 9.22. The molecular formula is C23H20FN3O2. The van der Waals surface area contributed by atoms with Crippen molar-refractivity contribution in [2.75, 3.05) is 19.0 Å². The lowest BCUT2D eigenvalue weighted by Crippen LogP contribution is -2.09. The van der Waals surface area contributed by atoms with Crippen LogP contribution in [0.3, 0.4) is 0 Å². The van der Waals surface area contributed by atoms with E-state index >= 15 is 0 Å². The van der Waals surface area contributed by atoms with E-state index in [-0.39, 0.29) is 17.4 Å². The van der Waals surface area contributed by atoms with Crippen LogP contribution in [0.25, 0.3) is 10.9 Å². The number of anilines is 1. The van der Waals surface area contributed by atoms with Crippen molar-refractivity contribution in [3.63, 3.8) is 0 Å². The average Bonchev–Trinajstić information content (AvgIpc) is 3.12. The Morgan fingerprint density at radius 1 is 0.966 bits per heavy atom. The van der Waals surface area contributed by atoms with Crippen LogP contribution in [-0.2, 0) is 0 Å². The lowest BCUT2D eigenvalue weighted by molar-refractivity contribution is -0.384.